The number of nitrogens with one attached hydrogen (secondary N) is 1. The molecule has 0 unspecified atom stereocenters. The van der Waals surface area contributed by atoms with Gasteiger partial charge in [-0.25, -0.2) is 4.98 Å². The maximum absolute atomic E-state index is 12.6. The van der Waals surface area contributed by atoms with Crippen molar-refractivity contribution in [1.82, 2.24) is 24.6 Å². The number of aromatic nitrogens is 4. The monoisotopic (exact) mass is 373 g/mol. The number of hydrogen-bond acceptors (Lipinski definition) is 5. The topological polar surface area (TPSA) is 66.8 Å². The number of aromatic amines is 1. The molecule has 1 aromatic carbocycles. The quantitative estimate of drug-likeness (QED) is 0.697. The molecule has 2 aromatic heterocycles. The molecule has 0 aliphatic rings. The minimum absolute atomic E-state index is 0.0449. The molecule has 0 atom stereocenters. The number of rotatable bonds is 5. The van der Waals surface area contributed by atoms with Gasteiger partial charge >= 0.3 is 0 Å². The van der Waals surface area contributed by atoms with Gasteiger partial charge in [-0.1, -0.05) is 29.8 Å². The first-order chi connectivity index (χ1) is 11.9. The maximum Gasteiger partial charge on any atom is 0.242 e. The molecule has 6 nitrogen and oxygen atoms in total. The van der Waals surface area contributed by atoms with Crippen LogP contribution in [0.4, 0.5) is 0 Å². The van der Waals surface area contributed by atoms with Crippen molar-refractivity contribution in [1.29, 1.82) is 0 Å². The van der Waals surface area contributed by atoms with E-state index in [2.05, 4.69) is 15.2 Å². The highest BCUT2D eigenvalue weighted by Gasteiger charge is 2.16. The minimum Gasteiger partial charge on any atom is -0.338 e. The first kappa shape index (κ1) is 17.5. The van der Waals surface area contributed by atoms with Crippen LogP contribution in [0.2, 0.25) is 0 Å². The average molecular weight is 374 g/mol. The Balaban J connectivity index is 1.78. The van der Waals surface area contributed by atoms with Crippen LogP contribution in [0, 0.1) is 18.6 Å². The van der Waals surface area contributed by atoms with E-state index in [1.807, 2.05) is 43.5 Å². The fraction of sp³-hybridized carbons (Fsp3) is 0.294. The number of amides is 1. The van der Waals surface area contributed by atoms with Gasteiger partial charge in [-0.15, -0.1) is 11.3 Å². The Labute approximate surface area is 155 Å². The summed E-state index contributed by atoms with van der Waals surface area (Å²) in [6.07, 6.45) is 0. The summed E-state index contributed by atoms with van der Waals surface area (Å²) in [4.78, 5) is 18.7. The van der Waals surface area contributed by atoms with Crippen LogP contribution >= 0.6 is 23.6 Å². The lowest BCUT2D eigenvalue weighted by Crippen LogP contribution is -2.30. The van der Waals surface area contributed by atoms with Gasteiger partial charge in [-0.3, -0.25) is 14.5 Å². The van der Waals surface area contributed by atoms with Crippen molar-refractivity contribution < 1.29 is 4.79 Å². The van der Waals surface area contributed by atoms with Crippen molar-refractivity contribution >= 4 is 29.5 Å². The van der Waals surface area contributed by atoms with Gasteiger partial charge < -0.3 is 4.90 Å². The number of carbonyl (C=O) groups excluding carboxylic acids is 1. The summed E-state index contributed by atoms with van der Waals surface area (Å²) in [5, 5.41) is 10.0. The maximum atomic E-state index is 12.6. The molecule has 3 aromatic rings. The van der Waals surface area contributed by atoms with Gasteiger partial charge in [0.1, 0.15) is 6.54 Å². The van der Waals surface area contributed by atoms with Gasteiger partial charge in [-0.05, 0) is 26.1 Å². The van der Waals surface area contributed by atoms with Gasteiger partial charge in [0.15, 0.2) is 10.6 Å². The Bertz CT molecular complexity index is 939. The number of aryl methyl sites for hydroxylation is 2. The fourth-order valence-corrected chi connectivity index (χ4v) is 3.26. The molecule has 1 N–H and O–H groups in total. The van der Waals surface area contributed by atoms with Gasteiger partial charge in [0.25, 0.3) is 0 Å². The van der Waals surface area contributed by atoms with Crippen molar-refractivity contribution in [2.24, 2.45) is 0 Å². The van der Waals surface area contributed by atoms with Gasteiger partial charge in [0.05, 0.1) is 17.2 Å². The summed E-state index contributed by atoms with van der Waals surface area (Å²) in [6, 6.07) is 7.97. The smallest absolute Gasteiger partial charge is 0.242 e. The van der Waals surface area contributed by atoms with Gasteiger partial charge in [-0.2, -0.15) is 5.10 Å². The van der Waals surface area contributed by atoms with Gasteiger partial charge in [0, 0.05) is 18.0 Å². The molecule has 0 fully saturated rings. The van der Waals surface area contributed by atoms with Crippen molar-refractivity contribution in [3.05, 3.63) is 50.7 Å². The molecular formula is C17H19N5OS2. The zero-order valence-electron chi connectivity index (χ0n) is 14.3. The Kier molecular flexibility index (Phi) is 5.10. The molecule has 0 bridgehead atoms. The summed E-state index contributed by atoms with van der Waals surface area (Å²) in [5.41, 5.74) is 2.98. The molecule has 3 rings (SSSR count). The third-order valence-electron chi connectivity index (χ3n) is 3.85. The summed E-state index contributed by atoms with van der Waals surface area (Å²) in [5.74, 6) is 0.618. The molecule has 0 saturated carbocycles. The molecule has 0 spiro atoms. The molecule has 2 heterocycles. The third kappa shape index (κ3) is 4.02. The van der Waals surface area contributed by atoms with Crippen LogP contribution in [0.5, 0.6) is 0 Å². The summed E-state index contributed by atoms with van der Waals surface area (Å²) < 4.78 is 2.16. The second-order valence-electron chi connectivity index (χ2n) is 5.91. The third-order valence-corrected chi connectivity index (χ3v) is 4.99. The lowest BCUT2D eigenvalue weighted by molar-refractivity contribution is -0.131. The minimum atomic E-state index is -0.0449. The molecule has 0 aliphatic carbocycles. The van der Waals surface area contributed by atoms with E-state index in [4.69, 9.17) is 12.2 Å². The Hall–Kier alpha value is -2.32. The first-order valence-corrected chi connectivity index (χ1v) is 9.10. The molecule has 0 saturated heterocycles. The summed E-state index contributed by atoms with van der Waals surface area (Å²) in [6.45, 7) is 4.60. The molecule has 0 radical (unpaired) electrons. The molecule has 130 valence electrons. The second-order valence-corrected chi connectivity index (χ2v) is 7.36. The van der Waals surface area contributed by atoms with Crippen molar-refractivity contribution in [2.75, 3.05) is 7.05 Å². The van der Waals surface area contributed by atoms with Crippen LogP contribution in [-0.4, -0.2) is 37.6 Å². The van der Waals surface area contributed by atoms with E-state index < -0.39 is 0 Å². The van der Waals surface area contributed by atoms with Crippen LogP contribution in [0.15, 0.2) is 29.6 Å². The van der Waals surface area contributed by atoms with Crippen LogP contribution in [0.1, 0.15) is 16.3 Å². The lowest BCUT2D eigenvalue weighted by Gasteiger charge is -2.17. The lowest BCUT2D eigenvalue weighted by atomic mass is 10.1. The number of likely N-dealkylation sites (N-methyl/N-ethyl adjacent to an activating group) is 1. The van der Waals surface area contributed by atoms with Crippen LogP contribution in [0.25, 0.3) is 11.4 Å². The number of thiazole rings is 1. The van der Waals surface area contributed by atoms with Crippen molar-refractivity contribution in [3.8, 4) is 11.4 Å². The van der Waals surface area contributed by atoms with Crippen molar-refractivity contribution in [3.63, 3.8) is 0 Å². The molecular weight excluding hydrogens is 354 g/mol. The standard InChI is InChI=1S/C17H19N5OS2/c1-11-4-6-13(7-5-11)16-19-20-17(24)22(16)9-15(23)21(3)8-14-10-25-12(2)18-14/h4-7,10H,8-9H2,1-3H3,(H,20,24). The largest absolute Gasteiger partial charge is 0.338 e. The Morgan fingerprint density at radius 2 is 2.04 bits per heavy atom. The highest BCUT2D eigenvalue weighted by atomic mass is 32.1. The number of hydrogen-bond donors (Lipinski definition) is 1. The van der Waals surface area contributed by atoms with Crippen molar-refractivity contribution in [2.45, 2.75) is 26.9 Å². The average Bonchev–Trinajstić information content (AvgIpc) is 3.15. The SMILES string of the molecule is Cc1ccc(-c2n[nH]c(=S)n2CC(=O)N(C)Cc2csc(C)n2)cc1. The summed E-state index contributed by atoms with van der Waals surface area (Å²) in [7, 11) is 1.77. The summed E-state index contributed by atoms with van der Waals surface area (Å²) >= 11 is 6.88. The van der Waals surface area contributed by atoms with Crippen LogP contribution in [0.3, 0.4) is 0 Å². The first-order valence-electron chi connectivity index (χ1n) is 7.81. The highest BCUT2D eigenvalue weighted by molar-refractivity contribution is 7.71. The van der Waals surface area contributed by atoms with E-state index in [0.717, 1.165) is 16.3 Å². The van der Waals surface area contributed by atoms with E-state index in [1.165, 1.54) is 5.56 Å². The highest BCUT2D eigenvalue weighted by Crippen LogP contribution is 2.18. The zero-order valence-corrected chi connectivity index (χ0v) is 15.9. The Morgan fingerprint density at radius 1 is 1.32 bits per heavy atom. The number of carbonyl (C=O) groups is 1. The normalized spacial score (nSPS) is 10.8. The fourth-order valence-electron chi connectivity index (χ4n) is 2.46. The second kappa shape index (κ2) is 7.28. The molecule has 8 heteroatoms. The molecule has 1 amide bonds. The van der Waals surface area contributed by atoms with Gasteiger partial charge in [0.2, 0.25) is 5.91 Å². The Morgan fingerprint density at radius 3 is 2.68 bits per heavy atom. The van der Waals surface area contributed by atoms with E-state index in [1.54, 1.807) is 27.9 Å². The zero-order chi connectivity index (χ0) is 18.0. The van der Waals surface area contributed by atoms with Crippen LogP contribution < -0.4 is 0 Å². The number of H-pyrrole nitrogens is 1. The molecule has 0 aliphatic heterocycles. The predicted molar refractivity (Wildman–Crippen MR) is 101 cm³/mol. The van der Waals surface area contributed by atoms with E-state index in [-0.39, 0.29) is 12.5 Å². The van der Waals surface area contributed by atoms with E-state index in [0.29, 0.717) is 17.1 Å². The van der Waals surface area contributed by atoms with E-state index in [9.17, 15) is 4.79 Å². The number of nitrogens with zero attached hydrogens (tertiary/aromatic N) is 4. The van der Waals surface area contributed by atoms with E-state index >= 15 is 0 Å². The molecule has 25 heavy (non-hydrogen) atoms. The number of benzene rings is 1. The predicted octanol–water partition coefficient (Wildman–Crippen LogP) is 3.34. The van der Waals surface area contributed by atoms with Crippen LogP contribution in [-0.2, 0) is 17.9 Å².